The van der Waals surface area contributed by atoms with Crippen molar-refractivity contribution in [3.05, 3.63) is 46.9 Å². The van der Waals surface area contributed by atoms with E-state index in [1.165, 1.54) is 11.9 Å². The number of aryl methyl sites for hydroxylation is 1. The van der Waals surface area contributed by atoms with Crippen molar-refractivity contribution in [2.45, 2.75) is 33.1 Å². The standard InChI is InChI=1S/C15H18ClN3/c1-4-11-6-5-7-12(8-11)19-15-13(10(2)3)14(16)17-9-18-15/h5-10H,4H2,1-3H3,(H,17,18,19). The summed E-state index contributed by atoms with van der Waals surface area (Å²) in [4.78, 5) is 8.36. The second-order valence-corrected chi connectivity index (χ2v) is 5.12. The summed E-state index contributed by atoms with van der Waals surface area (Å²) in [6, 6.07) is 8.31. The van der Waals surface area contributed by atoms with Crippen LogP contribution in [0.1, 0.15) is 37.8 Å². The van der Waals surface area contributed by atoms with Crippen LogP contribution in [0.2, 0.25) is 5.15 Å². The first-order chi connectivity index (χ1) is 9.11. The first-order valence-electron chi connectivity index (χ1n) is 6.48. The van der Waals surface area contributed by atoms with Crippen molar-refractivity contribution in [3.63, 3.8) is 0 Å². The van der Waals surface area contributed by atoms with E-state index >= 15 is 0 Å². The molecule has 2 rings (SSSR count). The molecule has 1 aromatic heterocycles. The highest BCUT2D eigenvalue weighted by molar-refractivity contribution is 6.30. The maximum absolute atomic E-state index is 6.16. The lowest BCUT2D eigenvalue weighted by molar-refractivity contribution is 0.850. The predicted octanol–water partition coefficient (Wildman–Crippen LogP) is 4.56. The van der Waals surface area contributed by atoms with Gasteiger partial charge in [-0.15, -0.1) is 0 Å². The smallest absolute Gasteiger partial charge is 0.138 e. The van der Waals surface area contributed by atoms with Gasteiger partial charge in [0, 0.05) is 11.3 Å². The fraction of sp³-hybridized carbons (Fsp3) is 0.333. The monoisotopic (exact) mass is 275 g/mol. The van der Waals surface area contributed by atoms with E-state index in [-0.39, 0.29) is 5.92 Å². The molecule has 0 saturated carbocycles. The summed E-state index contributed by atoms with van der Waals surface area (Å²) in [6.07, 6.45) is 2.50. The van der Waals surface area contributed by atoms with E-state index in [9.17, 15) is 0 Å². The van der Waals surface area contributed by atoms with Crippen molar-refractivity contribution >= 4 is 23.1 Å². The largest absolute Gasteiger partial charge is 0.340 e. The fourth-order valence-corrected chi connectivity index (χ4v) is 2.34. The van der Waals surface area contributed by atoms with E-state index in [1.807, 2.05) is 12.1 Å². The van der Waals surface area contributed by atoms with Gasteiger partial charge in [0.15, 0.2) is 0 Å². The molecule has 0 amide bonds. The molecule has 100 valence electrons. The average molecular weight is 276 g/mol. The topological polar surface area (TPSA) is 37.8 Å². The number of nitrogens with zero attached hydrogens (tertiary/aromatic N) is 2. The molecule has 0 saturated heterocycles. The molecule has 0 aliphatic heterocycles. The van der Waals surface area contributed by atoms with Crippen LogP contribution in [0.4, 0.5) is 11.5 Å². The van der Waals surface area contributed by atoms with E-state index < -0.39 is 0 Å². The van der Waals surface area contributed by atoms with E-state index in [2.05, 4.69) is 48.2 Å². The van der Waals surface area contributed by atoms with E-state index in [1.54, 1.807) is 0 Å². The molecule has 1 aromatic carbocycles. The number of anilines is 2. The van der Waals surface area contributed by atoms with Gasteiger partial charge in [-0.2, -0.15) is 0 Å². The Morgan fingerprint density at radius 3 is 2.74 bits per heavy atom. The molecule has 1 heterocycles. The Morgan fingerprint density at radius 2 is 2.05 bits per heavy atom. The number of nitrogens with one attached hydrogen (secondary N) is 1. The van der Waals surface area contributed by atoms with Gasteiger partial charge in [0.05, 0.1) is 0 Å². The van der Waals surface area contributed by atoms with Crippen LogP contribution in [-0.4, -0.2) is 9.97 Å². The van der Waals surface area contributed by atoms with Gasteiger partial charge in [-0.05, 0) is 30.0 Å². The van der Waals surface area contributed by atoms with Crippen LogP contribution in [-0.2, 0) is 6.42 Å². The van der Waals surface area contributed by atoms with Crippen molar-refractivity contribution < 1.29 is 0 Å². The number of halogens is 1. The SMILES string of the molecule is CCc1cccc(Nc2ncnc(Cl)c2C(C)C)c1. The van der Waals surface area contributed by atoms with Crippen LogP contribution in [0, 0.1) is 0 Å². The number of hydrogen-bond acceptors (Lipinski definition) is 3. The Kier molecular flexibility index (Phi) is 4.38. The summed E-state index contributed by atoms with van der Waals surface area (Å²) in [6.45, 7) is 6.30. The molecule has 0 atom stereocenters. The molecule has 0 spiro atoms. The third-order valence-corrected chi connectivity index (χ3v) is 3.31. The van der Waals surface area contributed by atoms with Crippen molar-refractivity contribution in [1.29, 1.82) is 0 Å². The first-order valence-corrected chi connectivity index (χ1v) is 6.86. The molecule has 0 fully saturated rings. The maximum atomic E-state index is 6.16. The quantitative estimate of drug-likeness (QED) is 0.831. The Labute approximate surface area is 119 Å². The minimum absolute atomic E-state index is 0.269. The van der Waals surface area contributed by atoms with Gasteiger partial charge in [0.2, 0.25) is 0 Å². The predicted molar refractivity (Wildman–Crippen MR) is 80.2 cm³/mol. The molecular formula is C15H18ClN3. The zero-order valence-corrected chi connectivity index (χ0v) is 12.2. The van der Waals surface area contributed by atoms with Crippen LogP contribution in [0.3, 0.4) is 0 Å². The molecule has 19 heavy (non-hydrogen) atoms. The zero-order chi connectivity index (χ0) is 13.8. The number of rotatable bonds is 4. The third-order valence-electron chi connectivity index (χ3n) is 3.01. The minimum Gasteiger partial charge on any atom is -0.340 e. The Balaban J connectivity index is 2.35. The Hall–Kier alpha value is -1.61. The molecule has 0 radical (unpaired) electrons. The van der Waals surface area contributed by atoms with Crippen molar-refractivity contribution in [1.82, 2.24) is 9.97 Å². The second kappa shape index (κ2) is 6.02. The molecule has 0 aliphatic carbocycles. The molecule has 0 bridgehead atoms. The van der Waals surface area contributed by atoms with Crippen LogP contribution in [0.5, 0.6) is 0 Å². The summed E-state index contributed by atoms with van der Waals surface area (Å²) in [5.74, 6) is 1.05. The maximum Gasteiger partial charge on any atom is 0.138 e. The highest BCUT2D eigenvalue weighted by Crippen LogP contribution is 2.30. The highest BCUT2D eigenvalue weighted by atomic mass is 35.5. The highest BCUT2D eigenvalue weighted by Gasteiger charge is 2.13. The Morgan fingerprint density at radius 1 is 1.26 bits per heavy atom. The average Bonchev–Trinajstić information content (AvgIpc) is 2.38. The minimum atomic E-state index is 0.269. The van der Waals surface area contributed by atoms with Crippen LogP contribution in [0.25, 0.3) is 0 Å². The van der Waals surface area contributed by atoms with E-state index in [0.717, 1.165) is 23.5 Å². The fourth-order valence-electron chi connectivity index (χ4n) is 1.99. The molecule has 3 nitrogen and oxygen atoms in total. The third kappa shape index (κ3) is 3.24. The molecule has 1 N–H and O–H groups in total. The zero-order valence-electron chi connectivity index (χ0n) is 11.4. The van der Waals surface area contributed by atoms with Gasteiger partial charge in [-0.3, -0.25) is 0 Å². The van der Waals surface area contributed by atoms with Gasteiger partial charge >= 0.3 is 0 Å². The van der Waals surface area contributed by atoms with Crippen LogP contribution >= 0.6 is 11.6 Å². The second-order valence-electron chi connectivity index (χ2n) is 4.76. The summed E-state index contributed by atoms with van der Waals surface area (Å²) in [5, 5.41) is 3.85. The summed E-state index contributed by atoms with van der Waals surface area (Å²) < 4.78 is 0. The van der Waals surface area contributed by atoms with Crippen molar-refractivity contribution in [3.8, 4) is 0 Å². The van der Waals surface area contributed by atoms with E-state index in [0.29, 0.717) is 5.15 Å². The van der Waals surface area contributed by atoms with Crippen LogP contribution in [0.15, 0.2) is 30.6 Å². The Bertz CT molecular complexity index is 567. The lowest BCUT2D eigenvalue weighted by atomic mass is 10.1. The number of hydrogen-bond donors (Lipinski definition) is 1. The van der Waals surface area contributed by atoms with Gasteiger partial charge in [0.1, 0.15) is 17.3 Å². The lowest BCUT2D eigenvalue weighted by Gasteiger charge is -2.14. The normalized spacial score (nSPS) is 10.8. The van der Waals surface area contributed by atoms with E-state index in [4.69, 9.17) is 11.6 Å². The van der Waals surface area contributed by atoms with Crippen molar-refractivity contribution in [2.75, 3.05) is 5.32 Å². The van der Waals surface area contributed by atoms with Crippen molar-refractivity contribution in [2.24, 2.45) is 0 Å². The summed E-state index contributed by atoms with van der Waals surface area (Å²) in [7, 11) is 0. The molecular weight excluding hydrogens is 258 g/mol. The van der Waals surface area contributed by atoms with Gasteiger partial charge in [0.25, 0.3) is 0 Å². The molecule has 0 unspecified atom stereocenters. The number of benzene rings is 1. The first kappa shape index (κ1) is 13.8. The molecule has 4 heteroatoms. The molecule has 2 aromatic rings. The summed E-state index contributed by atoms with van der Waals surface area (Å²) in [5.41, 5.74) is 3.26. The lowest BCUT2D eigenvalue weighted by Crippen LogP contribution is -2.03. The number of aromatic nitrogens is 2. The van der Waals surface area contributed by atoms with Crippen LogP contribution < -0.4 is 5.32 Å². The van der Waals surface area contributed by atoms with Gasteiger partial charge in [-0.1, -0.05) is 44.5 Å². The molecule has 0 aliphatic rings. The van der Waals surface area contributed by atoms with Gasteiger partial charge < -0.3 is 5.32 Å². The summed E-state index contributed by atoms with van der Waals surface area (Å²) >= 11 is 6.16. The van der Waals surface area contributed by atoms with Gasteiger partial charge in [-0.25, -0.2) is 9.97 Å².